The molecule has 1 aliphatic heterocycles. The van der Waals surface area contributed by atoms with Crippen LogP contribution in [0.15, 0.2) is 47.6 Å². The predicted octanol–water partition coefficient (Wildman–Crippen LogP) is 5.77. The molecular formula is C23H18ClF6N3O4. The molecule has 1 unspecified atom stereocenters. The number of Topliss-reactive ketones (excluding diaryl/α,β-unsaturated/α-hetero) is 1. The van der Waals surface area contributed by atoms with Crippen molar-refractivity contribution in [3.63, 3.8) is 0 Å². The molecule has 0 aliphatic carbocycles. The van der Waals surface area contributed by atoms with Crippen LogP contribution in [0.4, 0.5) is 36.8 Å². The second-order valence-electron chi connectivity index (χ2n) is 7.89. The number of nitrogens with one attached hydrogen (secondary N) is 1. The summed E-state index contributed by atoms with van der Waals surface area (Å²) in [5, 5.41) is 6.24. The second-order valence-corrected chi connectivity index (χ2v) is 8.29. The van der Waals surface area contributed by atoms with Gasteiger partial charge in [0.15, 0.2) is 11.2 Å². The quantitative estimate of drug-likeness (QED) is 0.291. The van der Waals surface area contributed by atoms with Gasteiger partial charge in [0.1, 0.15) is 0 Å². The van der Waals surface area contributed by atoms with Crippen molar-refractivity contribution in [2.75, 3.05) is 18.5 Å². The van der Waals surface area contributed by atoms with Crippen molar-refractivity contribution in [2.24, 2.45) is 10.5 Å². The monoisotopic (exact) mass is 549 g/mol. The van der Waals surface area contributed by atoms with E-state index < -0.39 is 58.2 Å². The number of carbonyl (C=O) groups is 3. The number of amides is 2. The minimum atomic E-state index is -4.78. The van der Waals surface area contributed by atoms with Crippen molar-refractivity contribution >= 4 is 40.8 Å². The third-order valence-corrected chi connectivity index (χ3v) is 5.80. The Morgan fingerprint density at radius 1 is 1.05 bits per heavy atom. The first-order valence-electron chi connectivity index (χ1n) is 10.5. The Bertz CT molecular complexity index is 1260. The number of hydrazone groups is 1. The van der Waals surface area contributed by atoms with Crippen molar-refractivity contribution in [1.82, 2.24) is 5.01 Å². The highest BCUT2D eigenvalue weighted by molar-refractivity contribution is 6.33. The molecule has 0 spiro atoms. The maximum Gasteiger partial charge on any atom is 0.417 e. The number of ether oxygens (including phenoxy) is 1. The number of alkyl halides is 6. The van der Waals surface area contributed by atoms with E-state index in [9.17, 15) is 40.7 Å². The average Bonchev–Trinajstić information content (AvgIpc) is 3.20. The Morgan fingerprint density at radius 2 is 1.68 bits per heavy atom. The molecule has 2 aromatic carbocycles. The summed E-state index contributed by atoms with van der Waals surface area (Å²) >= 11 is 5.81. The van der Waals surface area contributed by atoms with Crippen LogP contribution in [0.3, 0.4) is 0 Å². The lowest BCUT2D eigenvalue weighted by Gasteiger charge is -2.26. The van der Waals surface area contributed by atoms with E-state index in [2.05, 4.69) is 10.4 Å². The summed E-state index contributed by atoms with van der Waals surface area (Å²) in [6.45, 7) is 1.64. The fourth-order valence-corrected chi connectivity index (χ4v) is 3.91. The van der Waals surface area contributed by atoms with Crippen LogP contribution in [-0.4, -0.2) is 41.7 Å². The van der Waals surface area contributed by atoms with Gasteiger partial charge in [0.2, 0.25) is 0 Å². The van der Waals surface area contributed by atoms with Crippen LogP contribution < -0.4 is 5.32 Å². The number of hydrogen-bond acceptors (Lipinski definition) is 5. The number of rotatable bonds is 5. The Labute approximate surface area is 211 Å². The van der Waals surface area contributed by atoms with E-state index in [1.54, 1.807) is 0 Å². The smallest absolute Gasteiger partial charge is 0.417 e. The van der Waals surface area contributed by atoms with Gasteiger partial charge in [-0.1, -0.05) is 17.7 Å². The topological polar surface area (TPSA) is 88.1 Å². The molecule has 0 fully saturated rings. The molecule has 2 amide bonds. The van der Waals surface area contributed by atoms with E-state index in [1.165, 1.54) is 6.92 Å². The average molecular weight is 550 g/mol. The molecule has 1 N–H and O–H groups in total. The van der Waals surface area contributed by atoms with E-state index in [0.717, 1.165) is 43.3 Å². The van der Waals surface area contributed by atoms with Crippen LogP contribution in [0.2, 0.25) is 5.02 Å². The van der Waals surface area contributed by atoms with Gasteiger partial charge in [-0.05, 0) is 50.2 Å². The summed E-state index contributed by atoms with van der Waals surface area (Å²) < 4.78 is 82.9. The fraction of sp³-hybridized carbons (Fsp3) is 0.304. The van der Waals surface area contributed by atoms with E-state index in [1.807, 2.05) is 0 Å². The molecule has 14 heteroatoms. The van der Waals surface area contributed by atoms with Gasteiger partial charge in [0.05, 0.1) is 35.0 Å². The number of nitrogens with zero attached hydrogens (tertiary/aromatic N) is 2. The highest BCUT2D eigenvalue weighted by atomic mass is 35.5. The summed E-state index contributed by atoms with van der Waals surface area (Å²) in [5.74, 6) is -1.91. The maximum atomic E-state index is 13.2. The number of ketones is 1. The van der Waals surface area contributed by atoms with Gasteiger partial charge in [-0.15, -0.1) is 0 Å². The summed E-state index contributed by atoms with van der Waals surface area (Å²) in [4.78, 5) is 38.6. The highest BCUT2D eigenvalue weighted by Gasteiger charge is 2.56. The lowest BCUT2D eigenvalue weighted by Crippen LogP contribution is -2.49. The highest BCUT2D eigenvalue weighted by Crippen LogP contribution is 2.39. The summed E-state index contributed by atoms with van der Waals surface area (Å²) in [5.41, 5.74) is -4.90. The van der Waals surface area contributed by atoms with Crippen LogP contribution >= 0.6 is 11.6 Å². The van der Waals surface area contributed by atoms with Gasteiger partial charge in [-0.2, -0.15) is 31.4 Å². The molecule has 1 atom stereocenters. The van der Waals surface area contributed by atoms with E-state index in [-0.39, 0.29) is 23.6 Å². The zero-order valence-corrected chi connectivity index (χ0v) is 19.9. The molecule has 0 bridgehead atoms. The van der Waals surface area contributed by atoms with Gasteiger partial charge in [-0.3, -0.25) is 9.59 Å². The van der Waals surface area contributed by atoms with Gasteiger partial charge < -0.3 is 10.1 Å². The Morgan fingerprint density at radius 3 is 2.16 bits per heavy atom. The summed E-state index contributed by atoms with van der Waals surface area (Å²) in [6, 6.07) is 4.86. The normalized spacial score (nSPS) is 17.9. The molecule has 0 aromatic heterocycles. The first-order chi connectivity index (χ1) is 17.1. The summed E-state index contributed by atoms with van der Waals surface area (Å²) in [7, 11) is 0. The molecule has 198 valence electrons. The maximum absolute atomic E-state index is 13.2. The van der Waals surface area contributed by atoms with E-state index in [4.69, 9.17) is 16.3 Å². The third-order valence-electron chi connectivity index (χ3n) is 5.48. The van der Waals surface area contributed by atoms with E-state index >= 15 is 0 Å². The Balaban J connectivity index is 2.03. The first-order valence-corrected chi connectivity index (χ1v) is 10.9. The molecule has 2 aromatic rings. The number of esters is 1. The first kappa shape index (κ1) is 28.0. The van der Waals surface area contributed by atoms with Crippen molar-refractivity contribution in [3.05, 3.63) is 64.2 Å². The predicted molar refractivity (Wildman–Crippen MR) is 120 cm³/mol. The molecule has 7 nitrogen and oxygen atoms in total. The summed E-state index contributed by atoms with van der Waals surface area (Å²) in [6.07, 6.45) is -9.38. The molecule has 37 heavy (non-hydrogen) atoms. The number of anilines is 1. The number of hydrogen-bond donors (Lipinski definition) is 1. The molecule has 3 rings (SSSR count). The van der Waals surface area contributed by atoms with Crippen LogP contribution in [0.1, 0.15) is 30.5 Å². The zero-order chi connectivity index (χ0) is 27.8. The fourth-order valence-electron chi connectivity index (χ4n) is 3.62. The Kier molecular flexibility index (Phi) is 7.59. The lowest BCUT2D eigenvalue weighted by molar-refractivity contribution is -0.154. The van der Waals surface area contributed by atoms with Gasteiger partial charge >= 0.3 is 24.4 Å². The SMILES string of the molecule is CCOC(=O)C1(C(C)=O)CN(C(=O)Nc2ccc(C(F)(F)F)cc2)N=C1c1ccc(C(F)(F)F)c(Cl)c1. The van der Waals surface area contributed by atoms with Gasteiger partial charge in [0.25, 0.3) is 0 Å². The minimum absolute atomic E-state index is 0.0521. The standard InChI is InChI=1S/C23H18ClF6N3O4/c1-3-37-19(35)21(12(2)34)11-33(20(36)31-15-7-5-14(6-8-15)22(25,26)27)32-18(21)13-4-9-16(17(24)10-13)23(28,29)30/h4-10H,3,11H2,1-2H3,(H,31,36). The molecule has 1 heterocycles. The van der Waals surface area contributed by atoms with Crippen molar-refractivity contribution in [1.29, 1.82) is 0 Å². The number of halogens is 7. The number of carbonyl (C=O) groups excluding carboxylic acids is 3. The van der Waals surface area contributed by atoms with E-state index in [0.29, 0.717) is 11.1 Å². The van der Waals surface area contributed by atoms with Crippen LogP contribution in [0.5, 0.6) is 0 Å². The van der Waals surface area contributed by atoms with Gasteiger partial charge in [0, 0.05) is 11.3 Å². The molecular weight excluding hydrogens is 532 g/mol. The third kappa shape index (κ3) is 5.55. The molecule has 1 aliphatic rings. The molecule has 0 saturated carbocycles. The second kappa shape index (κ2) is 10.0. The lowest BCUT2D eigenvalue weighted by atomic mass is 9.77. The minimum Gasteiger partial charge on any atom is -0.465 e. The Hall–Kier alpha value is -3.61. The van der Waals surface area contributed by atoms with Gasteiger partial charge in [-0.25, -0.2) is 9.80 Å². The van der Waals surface area contributed by atoms with Crippen LogP contribution in [0, 0.1) is 5.41 Å². The van der Waals surface area contributed by atoms with Crippen LogP contribution in [-0.2, 0) is 26.7 Å². The van der Waals surface area contributed by atoms with Crippen molar-refractivity contribution in [2.45, 2.75) is 26.2 Å². The van der Waals surface area contributed by atoms with Crippen LogP contribution in [0.25, 0.3) is 0 Å². The molecule has 0 saturated heterocycles. The zero-order valence-electron chi connectivity index (χ0n) is 19.1. The molecule has 0 radical (unpaired) electrons. The largest absolute Gasteiger partial charge is 0.465 e. The van der Waals surface area contributed by atoms with Crippen molar-refractivity contribution < 1.29 is 45.5 Å². The number of benzene rings is 2. The van der Waals surface area contributed by atoms with Crippen molar-refractivity contribution in [3.8, 4) is 0 Å². The number of urea groups is 1.